The fraction of sp³-hybridized carbons (Fsp3) is 0.455. The van der Waals surface area contributed by atoms with Crippen molar-refractivity contribution in [2.24, 2.45) is 0 Å². The Balaban J connectivity index is 1.44. The van der Waals surface area contributed by atoms with Gasteiger partial charge >= 0.3 is 0 Å². The summed E-state index contributed by atoms with van der Waals surface area (Å²) in [6.07, 6.45) is -3.91. The van der Waals surface area contributed by atoms with Crippen molar-refractivity contribution in [2.45, 2.75) is 43.6 Å². The van der Waals surface area contributed by atoms with Gasteiger partial charge in [0.25, 0.3) is 0 Å². The highest BCUT2D eigenvalue weighted by Gasteiger charge is 2.50. The van der Waals surface area contributed by atoms with Gasteiger partial charge in [0.05, 0.1) is 20.3 Å². The molecule has 1 unspecified atom stereocenters. The van der Waals surface area contributed by atoms with Crippen LogP contribution in [0.15, 0.2) is 54.6 Å². The molecule has 4 rings (SSSR count). The Morgan fingerprint density at radius 3 is 2.45 bits per heavy atom. The van der Waals surface area contributed by atoms with Gasteiger partial charge in [-0.25, -0.2) is 0 Å². The lowest BCUT2D eigenvalue weighted by molar-refractivity contribution is -0.363. The lowest BCUT2D eigenvalue weighted by Gasteiger charge is -2.47. The molecule has 2 heterocycles. The van der Waals surface area contributed by atoms with Crippen molar-refractivity contribution >= 4 is 0 Å². The van der Waals surface area contributed by atoms with Crippen LogP contribution in [-0.2, 0) is 30.3 Å². The second-order valence-corrected chi connectivity index (χ2v) is 7.07. The zero-order valence-electron chi connectivity index (χ0n) is 16.5. The first kappa shape index (κ1) is 20.3. The van der Waals surface area contributed by atoms with Gasteiger partial charge in [-0.15, -0.1) is 0 Å². The zero-order chi connectivity index (χ0) is 20.2. The van der Waals surface area contributed by atoms with Crippen molar-refractivity contribution in [1.29, 1.82) is 0 Å². The van der Waals surface area contributed by atoms with Crippen molar-refractivity contribution in [1.82, 2.24) is 0 Å². The highest BCUT2D eigenvalue weighted by molar-refractivity contribution is 5.26. The molecule has 2 saturated heterocycles. The molecular weight excluding hydrogens is 376 g/mol. The number of aliphatic hydroxyl groups excluding tert-OH is 1. The second kappa shape index (κ2) is 9.21. The van der Waals surface area contributed by atoms with Crippen molar-refractivity contribution in [2.75, 3.05) is 20.8 Å². The predicted molar refractivity (Wildman–Crippen MR) is 103 cm³/mol. The van der Waals surface area contributed by atoms with E-state index in [0.717, 1.165) is 16.9 Å². The Labute approximate surface area is 170 Å². The van der Waals surface area contributed by atoms with Gasteiger partial charge in [0.1, 0.15) is 30.2 Å². The number of hydrogen-bond donors (Lipinski definition) is 1. The van der Waals surface area contributed by atoms with E-state index in [4.69, 9.17) is 28.4 Å². The van der Waals surface area contributed by atoms with Crippen LogP contribution in [0, 0.1) is 0 Å². The molecule has 7 nitrogen and oxygen atoms in total. The van der Waals surface area contributed by atoms with E-state index in [9.17, 15) is 5.11 Å². The number of ether oxygens (including phenoxy) is 6. The van der Waals surface area contributed by atoms with E-state index < -0.39 is 37.0 Å². The van der Waals surface area contributed by atoms with Gasteiger partial charge in [0.15, 0.2) is 12.6 Å². The molecule has 2 fully saturated rings. The number of benzene rings is 2. The summed E-state index contributed by atoms with van der Waals surface area (Å²) in [5, 5.41) is 11.0. The molecule has 0 aliphatic carbocycles. The van der Waals surface area contributed by atoms with Gasteiger partial charge < -0.3 is 33.5 Å². The van der Waals surface area contributed by atoms with Crippen molar-refractivity contribution in [3.63, 3.8) is 0 Å². The zero-order valence-corrected chi connectivity index (χ0v) is 16.5. The van der Waals surface area contributed by atoms with Crippen LogP contribution >= 0.6 is 0 Å². The molecule has 0 amide bonds. The molecule has 0 aromatic heterocycles. The molecule has 29 heavy (non-hydrogen) atoms. The molecule has 2 aromatic rings. The van der Waals surface area contributed by atoms with Gasteiger partial charge in [-0.3, -0.25) is 0 Å². The third-order valence-corrected chi connectivity index (χ3v) is 5.21. The Morgan fingerprint density at radius 2 is 1.76 bits per heavy atom. The molecule has 2 aromatic carbocycles. The highest BCUT2D eigenvalue weighted by Crippen LogP contribution is 2.35. The first-order valence-corrected chi connectivity index (χ1v) is 9.62. The average Bonchev–Trinajstić information content (AvgIpc) is 2.79. The van der Waals surface area contributed by atoms with Gasteiger partial charge in [0.2, 0.25) is 0 Å². The van der Waals surface area contributed by atoms with Crippen LogP contribution in [0.5, 0.6) is 5.75 Å². The van der Waals surface area contributed by atoms with Crippen LogP contribution in [0.1, 0.15) is 17.4 Å². The van der Waals surface area contributed by atoms with Crippen molar-refractivity contribution < 1.29 is 33.5 Å². The summed E-state index contributed by atoms with van der Waals surface area (Å²) >= 11 is 0. The molecule has 0 saturated carbocycles. The Bertz CT molecular complexity index is 766. The first-order valence-electron chi connectivity index (χ1n) is 9.62. The van der Waals surface area contributed by atoms with E-state index >= 15 is 0 Å². The predicted octanol–water partition coefficient (Wildman–Crippen LogP) is 2.43. The van der Waals surface area contributed by atoms with Crippen molar-refractivity contribution in [3.8, 4) is 5.75 Å². The molecular formula is C22H26O7. The second-order valence-electron chi connectivity index (χ2n) is 7.07. The largest absolute Gasteiger partial charge is 0.497 e. The molecule has 156 valence electrons. The summed E-state index contributed by atoms with van der Waals surface area (Å²) in [7, 11) is 3.15. The number of methoxy groups -OCH3 is 2. The number of aliphatic hydroxyl groups is 1. The number of hydrogen-bond acceptors (Lipinski definition) is 7. The molecule has 7 heteroatoms. The van der Waals surface area contributed by atoms with E-state index in [0.29, 0.717) is 13.2 Å². The lowest BCUT2D eigenvalue weighted by Crippen LogP contribution is -2.62. The summed E-state index contributed by atoms with van der Waals surface area (Å²) in [4.78, 5) is 0. The van der Waals surface area contributed by atoms with Gasteiger partial charge in [-0.05, 0) is 17.7 Å². The summed E-state index contributed by atoms with van der Waals surface area (Å²) < 4.78 is 34.4. The molecule has 2 aliphatic rings. The number of rotatable bonds is 6. The monoisotopic (exact) mass is 402 g/mol. The third kappa shape index (κ3) is 4.45. The van der Waals surface area contributed by atoms with Crippen LogP contribution in [-0.4, -0.2) is 56.6 Å². The molecule has 2 aliphatic heterocycles. The van der Waals surface area contributed by atoms with Crippen LogP contribution in [0.3, 0.4) is 0 Å². The van der Waals surface area contributed by atoms with Crippen LogP contribution in [0.4, 0.5) is 0 Å². The van der Waals surface area contributed by atoms with E-state index in [1.165, 1.54) is 7.11 Å². The minimum absolute atomic E-state index is 0.297. The Morgan fingerprint density at radius 1 is 1.00 bits per heavy atom. The fourth-order valence-electron chi connectivity index (χ4n) is 3.63. The third-order valence-electron chi connectivity index (χ3n) is 5.21. The summed E-state index contributed by atoms with van der Waals surface area (Å²) in [5.74, 6) is 0.773. The molecule has 6 atom stereocenters. The minimum atomic E-state index is -0.924. The normalized spacial score (nSPS) is 31.8. The van der Waals surface area contributed by atoms with E-state index in [2.05, 4.69) is 0 Å². The van der Waals surface area contributed by atoms with E-state index in [1.807, 2.05) is 54.6 Å². The van der Waals surface area contributed by atoms with Crippen LogP contribution in [0.2, 0.25) is 0 Å². The summed E-state index contributed by atoms with van der Waals surface area (Å²) in [5.41, 5.74) is 1.84. The molecule has 0 bridgehead atoms. The Hall–Kier alpha value is -2.00. The average molecular weight is 402 g/mol. The quantitative estimate of drug-likeness (QED) is 0.795. The highest BCUT2D eigenvalue weighted by atomic mass is 16.8. The van der Waals surface area contributed by atoms with Gasteiger partial charge in [-0.1, -0.05) is 42.5 Å². The maximum absolute atomic E-state index is 11.0. The molecule has 1 N–H and O–H groups in total. The molecule has 0 spiro atoms. The summed E-state index contributed by atoms with van der Waals surface area (Å²) in [6, 6.07) is 17.2. The first-order chi connectivity index (χ1) is 14.2. The number of fused-ring (bicyclic) bond motifs is 1. The van der Waals surface area contributed by atoms with Gasteiger partial charge in [-0.2, -0.15) is 0 Å². The molecule has 0 radical (unpaired) electrons. The van der Waals surface area contributed by atoms with E-state index in [1.54, 1.807) is 7.11 Å². The maximum atomic E-state index is 11.0. The van der Waals surface area contributed by atoms with E-state index in [-0.39, 0.29) is 0 Å². The minimum Gasteiger partial charge on any atom is -0.497 e. The van der Waals surface area contributed by atoms with Crippen LogP contribution < -0.4 is 4.74 Å². The maximum Gasteiger partial charge on any atom is 0.186 e. The lowest BCUT2D eigenvalue weighted by atomic mass is 9.97. The topological polar surface area (TPSA) is 75.6 Å². The SMILES string of the molecule is COc1ccc(CO[C@H]2[C@@H](OC)O[C@@H]3COC(c4ccccc4)O[C@H]3[C@@H]2O)cc1. The van der Waals surface area contributed by atoms with Crippen LogP contribution in [0.25, 0.3) is 0 Å². The fourth-order valence-corrected chi connectivity index (χ4v) is 3.63. The smallest absolute Gasteiger partial charge is 0.186 e. The van der Waals surface area contributed by atoms with Crippen molar-refractivity contribution in [3.05, 3.63) is 65.7 Å². The standard InChI is InChI=1S/C22H26O7/c1-24-16-10-8-14(9-11-16)12-26-20-18(23)19-17(28-22(20)25-2)13-27-21(29-19)15-6-4-3-5-7-15/h3-11,17-23H,12-13H2,1-2H3/t17-,18+,19-,20-,21?,22+/m1/s1. The Kier molecular flexibility index (Phi) is 6.44. The van der Waals surface area contributed by atoms with Gasteiger partial charge in [0, 0.05) is 12.7 Å². The summed E-state index contributed by atoms with van der Waals surface area (Å²) in [6.45, 7) is 0.595.